The minimum Gasteiger partial charge on any atom is -0.497 e. The smallest absolute Gasteiger partial charge is 0.412 e. The van der Waals surface area contributed by atoms with Gasteiger partial charge in [-0.2, -0.15) is 0 Å². The molecular formula is C28H30FN3O6. The van der Waals surface area contributed by atoms with Crippen LogP contribution in [0, 0.1) is 5.82 Å². The molecule has 0 saturated heterocycles. The number of aromatic nitrogens is 1. The first-order chi connectivity index (χ1) is 17.9. The Labute approximate surface area is 220 Å². The minimum atomic E-state index is -0.920. The highest BCUT2D eigenvalue weighted by Gasteiger charge is 2.28. The molecule has 3 rings (SSSR count). The zero-order valence-electron chi connectivity index (χ0n) is 21.8. The van der Waals surface area contributed by atoms with Crippen LogP contribution in [-0.2, 0) is 15.9 Å². The maximum atomic E-state index is 13.8. The van der Waals surface area contributed by atoms with Crippen LogP contribution in [0.3, 0.4) is 0 Å². The van der Waals surface area contributed by atoms with Crippen LogP contribution in [-0.4, -0.2) is 42.7 Å². The van der Waals surface area contributed by atoms with Gasteiger partial charge in [0.05, 0.1) is 31.5 Å². The molecule has 0 saturated carbocycles. The normalized spacial score (nSPS) is 11.8. The number of pyridine rings is 1. The van der Waals surface area contributed by atoms with Gasteiger partial charge in [0.1, 0.15) is 22.9 Å². The lowest BCUT2D eigenvalue weighted by molar-refractivity contribution is 0.0591. The number of carbonyl (C=O) groups excluding carboxylic acids is 3. The lowest BCUT2D eigenvalue weighted by atomic mass is 9.85. The van der Waals surface area contributed by atoms with Crippen molar-refractivity contribution in [1.29, 1.82) is 0 Å². The Hall–Kier alpha value is -4.47. The predicted molar refractivity (Wildman–Crippen MR) is 140 cm³/mol. The van der Waals surface area contributed by atoms with Crippen LogP contribution in [0.15, 0.2) is 54.6 Å². The number of benzene rings is 2. The second kappa shape index (κ2) is 11.7. The van der Waals surface area contributed by atoms with E-state index >= 15 is 0 Å². The lowest BCUT2D eigenvalue weighted by Gasteiger charge is -2.23. The zero-order valence-corrected chi connectivity index (χ0v) is 21.8. The van der Waals surface area contributed by atoms with Gasteiger partial charge in [0, 0.05) is 23.7 Å². The van der Waals surface area contributed by atoms with Gasteiger partial charge in [-0.05, 0) is 62.7 Å². The molecule has 0 aliphatic carbocycles. The molecule has 0 bridgehead atoms. The van der Waals surface area contributed by atoms with Gasteiger partial charge >= 0.3 is 12.1 Å². The van der Waals surface area contributed by atoms with Gasteiger partial charge in [0.2, 0.25) is 0 Å². The van der Waals surface area contributed by atoms with Crippen LogP contribution in [0.1, 0.15) is 58.8 Å². The number of amides is 1. The van der Waals surface area contributed by atoms with Crippen LogP contribution in [0.5, 0.6) is 5.75 Å². The summed E-state index contributed by atoms with van der Waals surface area (Å²) in [5.41, 5.74) is 6.14. The number of anilines is 2. The zero-order chi connectivity index (χ0) is 28.0. The quantitative estimate of drug-likeness (QED) is 0.235. The summed E-state index contributed by atoms with van der Waals surface area (Å²) in [6.45, 7) is 5.18. The minimum absolute atomic E-state index is 0.0380. The molecule has 1 amide bonds. The number of nitrogen functional groups attached to an aromatic ring is 1. The molecule has 2 aromatic carbocycles. The number of rotatable bonds is 8. The molecule has 1 unspecified atom stereocenters. The summed E-state index contributed by atoms with van der Waals surface area (Å²) in [7, 11) is 2.71. The first kappa shape index (κ1) is 28.1. The molecule has 3 aromatic rings. The average molecular weight is 524 g/mol. The molecule has 10 heteroatoms. The summed E-state index contributed by atoms with van der Waals surface area (Å²) >= 11 is 0. The molecule has 1 atom stereocenters. The predicted octanol–water partition coefficient (Wildman–Crippen LogP) is 5.15. The Morgan fingerprint density at radius 3 is 2.42 bits per heavy atom. The monoisotopic (exact) mass is 523 g/mol. The van der Waals surface area contributed by atoms with Crippen molar-refractivity contribution < 1.29 is 33.0 Å². The SMILES string of the molecule is COC(=O)c1cccc(CC(C(=O)c2ccc(F)c(N)c2)c2ccc(OC)cc2NC(=O)OC(C)(C)C)n1. The van der Waals surface area contributed by atoms with Crippen molar-refractivity contribution in [2.75, 3.05) is 25.3 Å². The van der Waals surface area contributed by atoms with Crippen molar-refractivity contribution in [2.45, 2.75) is 38.7 Å². The molecular weight excluding hydrogens is 493 g/mol. The Kier molecular flexibility index (Phi) is 8.67. The molecule has 9 nitrogen and oxygen atoms in total. The molecule has 0 radical (unpaired) electrons. The first-order valence-corrected chi connectivity index (χ1v) is 11.7. The van der Waals surface area contributed by atoms with E-state index in [4.69, 9.17) is 19.9 Å². The summed E-state index contributed by atoms with van der Waals surface area (Å²) in [6.07, 6.45) is -0.689. The van der Waals surface area contributed by atoms with Gasteiger partial charge in [-0.25, -0.2) is 19.0 Å². The number of nitrogens with one attached hydrogen (secondary N) is 1. The third-order valence-electron chi connectivity index (χ3n) is 5.48. The number of halogens is 1. The van der Waals surface area contributed by atoms with Gasteiger partial charge in [-0.1, -0.05) is 12.1 Å². The summed E-state index contributed by atoms with van der Waals surface area (Å²) in [4.78, 5) is 42.9. The van der Waals surface area contributed by atoms with Gasteiger partial charge in [0.25, 0.3) is 0 Å². The van der Waals surface area contributed by atoms with Crippen molar-refractivity contribution >= 4 is 29.2 Å². The topological polar surface area (TPSA) is 130 Å². The molecule has 1 heterocycles. The number of esters is 1. The summed E-state index contributed by atoms with van der Waals surface area (Å²) in [5.74, 6) is -2.17. The Morgan fingerprint density at radius 1 is 1.05 bits per heavy atom. The summed E-state index contributed by atoms with van der Waals surface area (Å²) < 4.78 is 29.3. The molecule has 0 spiro atoms. The number of ether oxygens (including phenoxy) is 3. The third-order valence-corrected chi connectivity index (χ3v) is 5.48. The highest BCUT2D eigenvalue weighted by Crippen LogP contribution is 2.34. The number of hydrogen-bond donors (Lipinski definition) is 2. The largest absolute Gasteiger partial charge is 0.497 e. The second-order valence-corrected chi connectivity index (χ2v) is 9.44. The molecule has 38 heavy (non-hydrogen) atoms. The maximum Gasteiger partial charge on any atom is 0.412 e. The van der Waals surface area contributed by atoms with E-state index < -0.39 is 35.2 Å². The van der Waals surface area contributed by atoms with Crippen molar-refractivity contribution in [3.8, 4) is 5.75 Å². The third kappa shape index (κ3) is 7.06. The highest BCUT2D eigenvalue weighted by atomic mass is 19.1. The van der Waals surface area contributed by atoms with Crippen molar-refractivity contribution in [2.24, 2.45) is 0 Å². The fraction of sp³-hybridized carbons (Fsp3) is 0.286. The van der Waals surface area contributed by atoms with E-state index in [9.17, 15) is 18.8 Å². The average Bonchev–Trinajstić information content (AvgIpc) is 2.87. The van der Waals surface area contributed by atoms with Crippen molar-refractivity contribution in [3.63, 3.8) is 0 Å². The number of ketones is 1. The molecule has 0 aliphatic rings. The van der Waals surface area contributed by atoms with Crippen LogP contribution in [0.4, 0.5) is 20.6 Å². The molecule has 0 fully saturated rings. The number of nitrogens with two attached hydrogens (primary N) is 1. The standard InChI is InChI=1S/C28H30FN3O6/c1-28(2,3)38-27(35)32-24-15-18(36-4)10-11-19(24)20(25(33)16-9-12-21(29)22(30)13-16)14-17-7-6-8-23(31-17)26(34)37-5/h6-13,15,20H,14,30H2,1-5H3,(H,32,35). The van der Waals surface area contributed by atoms with Gasteiger partial charge in [0.15, 0.2) is 5.78 Å². The molecule has 200 valence electrons. The lowest BCUT2D eigenvalue weighted by Crippen LogP contribution is -2.28. The van der Waals surface area contributed by atoms with E-state index in [1.165, 1.54) is 32.4 Å². The highest BCUT2D eigenvalue weighted by molar-refractivity contribution is 6.03. The van der Waals surface area contributed by atoms with E-state index in [-0.39, 0.29) is 29.1 Å². The summed E-state index contributed by atoms with van der Waals surface area (Å²) in [6, 6.07) is 13.3. The van der Waals surface area contributed by atoms with Crippen LogP contribution < -0.4 is 15.8 Å². The van der Waals surface area contributed by atoms with E-state index in [1.807, 2.05) is 0 Å². The van der Waals surface area contributed by atoms with E-state index in [2.05, 4.69) is 10.3 Å². The molecule has 3 N–H and O–H groups in total. The Morgan fingerprint density at radius 2 is 1.79 bits per heavy atom. The molecule has 0 aliphatic heterocycles. The second-order valence-electron chi connectivity index (χ2n) is 9.44. The fourth-order valence-electron chi connectivity index (χ4n) is 3.75. The van der Waals surface area contributed by atoms with Gasteiger partial charge in [-0.3, -0.25) is 10.1 Å². The maximum absolute atomic E-state index is 13.8. The Balaban J connectivity index is 2.12. The molecule has 1 aromatic heterocycles. The Bertz CT molecular complexity index is 1350. The number of methoxy groups -OCH3 is 2. The summed E-state index contributed by atoms with van der Waals surface area (Å²) in [5, 5.41) is 2.70. The van der Waals surface area contributed by atoms with Crippen LogP contribution >= 0.6 is 0 Å². The number of Topliss-reactive ketones (excluding diaryl/α,β-unsaturated/α-hetero) is 1. The van der Waals surface area contributed by atoms with E-state index in [0.717, 1.165) is 6.07 Å². The first-order valence-electron chi connectivity index (χ1n) is 11.7. The number of nitrogens with zero attached hydrogens (tertiary/aromatic N) is 1. The van der Waals surface area contributed by atoms with Gasteiger partial charge < -0.3 is 19.9 Å². The number of hydrogen-bond acceptors (Lipinski definition) is 8. The van der Waals surface area contributed by atoms with Crippen LogP contribution in [0.2, 0.25) is 0 Å². The van der Waals surface area contributed by atoms with Crippen molar-refractivity contribution in [1.82, 2.24) is 4.98 Å². The van der Waals surface area contributed by atoms with Crippen molar-refractivity contribution in [3.05, 3.63) is 82.9 Å². The number of carbonyl (C=O) groups is 3. The van der Waals surface area contributed by atoms with Gasteiger partial charge in [-0.15, -0.1) is 0 Å². The van der Waals surface area contributed by atoms with E-state index in [0.29, 0.717) is 17.0 Å². The van der Waals surface area contributed by atoms with Crippen LogP contribution in [0.25, 0.3) is 0 Å². The fourth-order valence-corrected chi connectivity index (χ4v) is 3.75. The van der Waals surface area contributed by atoms with E-state index in [1.54, 1.807) is 51.1 Å².